The van der Waals surface area contributed by atoms with Crippen molar-refractivity contribution in [2.45, 2.75) is 5.37 Å². The maximum absolute atomic E-state index is 11.4. The Labute approximate surface area is 109 Å². The molecule has 7 nitrogen and oxygen atoms in total. The number of sulfone groups is 1. The van der Waals surface area contributed by atoms with Crippen LogP contribution < -0.4 is 5.73 Å². The minimum Gasteiger partial charge on any atom is -0.479 e. The first kappa shape index (κ1) is 15.1. The smallest absolute Gasteiger partial charge is 0.341 e. The lowest BCUT2D eigenvalue weighted by molar-refractivity contribution is -0.140. The van der Waals surface area contributed by atoms with Crippen molar-refractivity contribution in [2.75, 3.05) is 12.9 Å². The number of nitrogens with two attached hydrogens (primary N) is 1. The van der Waals surface area contributed by atoms with Crippen LogP contribution in [0.25, 0.3) is 0 Å². The summed E-state index contributed by atoms with van der Waals surface area (Å²) < 4.78 is 27.0. The normalized spacial score (nSPS) is 12.7. The van der Waals surface area contributed by atoms with Gasteiger partial charge in [-0.15, -0.1) is 0 Å². The topological polar surface area (TPSA) is 124 Å². The molecule has 104 valence electrons. The van der Waals surface area contributed by atoms with Crippen LogP contribution in [0.4, 0.5) is 0 Å². The van der Waals surface area contributed by atoms with Crippen molar-refractivity contribution >= 4 is 21.8 Å². The second kappa shape index (κ2) is 5.81. The molecule has 0 aliphatic heterocycles. The van der Waals surface area contributed by atoms with Gasteiger partial charge in [-0.1, -0.05) is 12.1 Å². The van der Waals surface area contributed by atoms with E-state index in [9.17, 15) is 18.0 Å². The van der Waals surface area contributed by atoms with Crippen LogP contribution in [-0.4, -0.2) is 38.3 Å². The summed E-state index contributed by atoms with van der Waals surface area (Å²) >= 11 is 0. The zero-order valence-corrected chi connectivity index (χ0v) is 10.9. The highest BCUT2D eigenvalue weighted by atomic mass is 32.2. The molecule has 0 spiro atoms. The Bertz CT molecular complexity index is 578. The van der Waals surface area contributed by atoms with Gasteiger partial charge in [-0.2, -0.15) is 0 Å². The highest BCUT2D eigenvalue weighted by molar-refractivity contribution is 7.90. The number of ether oxygens (including phenoxy) is 1. The zero-order valence-electron chi connectivity index (χ0n) is 10.1. The first-order valence-corrected chi connectivity index (χ1v) is 7.10. The Kier molecular flexibility index (Phi) is 4.62. The molecule has 0 amide bonds. The van der Waals surface area contributed by atoms with Gasteiger partial charge in [-0.3, -0.25) is 0 Å². The van der Waals surface area contributed by atoms with Gasteiger partial charge >= 0.3 is 11.9 Å². The fraction of sp³-hybridized carbons (Fsp3) is 0.273. The van der Waals surface area contributed by atoms with Crippen molar-refractivity contribution < 1.29 is 27.9 Å². The van der Waals surface area contributed by atoms with E-state index in [2.05, 4.69) is 4.74 Å². The number of aliphatic carboxylic acids is 1. The third-order valence-corrected chi connectivity index (χ3v) is 3.46. The summed E-state index contributed by atoms with van der Waals surface area (Å²) in [6, 6.07) is 5.40. The van der Waals surface area contributed by atoms with Gasteiger partial charge < -0.3 is 15.6 Å². The molecule has 0 fully saturated rings. The summed E-state index contributed by atoms with van der Waals surface area (Å²) in [6.45, 7) is -0.733. The SMILES string of the molecule is CS(=O)(=O)C(N)c1ccc(C(=O)OCC(=O)O)cc1. The number of esters is 1. The second-order valence-corrected chi connectivity index (χ2v) is 6.01. The van der Waals surface area contributed by atoms with Crippen molar-refractivity contribution in [3.05, 3.63) is 35.4 Å². The van der Waals surface area contributed by atoms with Crippen molar-refractivity contribution in [1.29, 1.82) is 0 Å². The first-order valence-electron chi connectivity index (χ1n) is 5.15. The number of hydrogen-bond donors (Lipinski definition) is 2. The summed E-state index contributed by atoms with van der Waals surface area (Å²) in [5.74, 6) is -2.06. The summed E-state index contributed by atoms with van der Waals surface area (Å²) in [6.07, 6.45) is 1.01. The molecule has 0 saturated carbocycles. The summed E-state index contributed by atoms with van der Waals surface area (Å²) in [4.78, 5) is 21.6. The van der Waals surface area contributed by atoms with Gasteiger partial charge in [-0.25, -0.2) is 18.0 Å². The van der Waals surface area contributed by atoms with Gasteiger partial charge in [0.15, 0.2) is 16.4 Å². The molecule has 1 aromatic rings. The van der Waals surface area contributed by atoms with Crippen LogP contribution in [-0.2, 0) is 19.4 Å². The molecule has 1 unspecified atom stereocenters. The number of rotatable bonds is 5. The van der Waals surface area contributed by atoms with Crippen LogP contribution in [0.2, 0.25) is 0 Å². The van der Waals surface area contributed by atoms with E-state index in [0.29, 0.717) is 5.56 Å². The van der Waals surface area contributed by atoms with Crippen LogP contribution >= 0.6 is 0 Å². The fourth-order valence-corrected chi connectivity index (χ4v) is 1.92. The monoisotopic (exact) mass is 287 g/mol. The number of carbonyl (C=O) groups is 2. The molecule has 0 radical (unpaired) electrons. The molecule has 19 heavy (non-hydrogen) atoms. The van der Waals surface area contributed by atoms with Crippen LogP contribution in [0.1, 0.15) is 21.3 Å². The summed E-state index contributed by atoms with van der Waals surface area (Å²) in [7, 11) is -3.43. The Balaban J connectivity index is 2.82. The average Bonchev–Trinajstić information content (AvgIpc) is 2.34. The van der Waals surface area contributed by atoms with E-state index in [0.717, 1.165) is 6.26 Å². The van der Waals surface area contributed by atoms with E-state index in [1.54, 1.807) is 0 Å². The van der Waals surface area contributed by atoms with E-state index >= 15 is 0 Å². The van der Waals surface area contributed by atoms with E-state index < -0.39 is 33.8 Å². The van der Waals surface area contributed by atoms with Crippen molar-refractivity contribution in [1.82, 2.24) is 0 Å². The predicted molar refractivity (Wildman–Crippen MR) is 66.1 cm³/mol. The zero-order chi connectivity index (χ0) is 14.6. The van der Waals surface area contributed by atoms with Crippen LogP contribution in [0, 0.1) is 0 Å². The number of hydrogen-bond acceptors (Lipinski definition) is 6. The van der Waals surface area contributed by atoms with Crippen molar-refractivity contribution in [3.8, 4) is 0 Å². The molecular formula is C11H13NO6S. The van der Waals surface area contributed by atoms with Crippen LogP contribution in [0.5, 0.6) is 0 Å². The summed E-state index contributed by atoms with van der Waals surface area (Å²) in [5.41, 5.74) is 5.96. The number of benzene rings is 1. The van der Waals surface area contributed by atoms with Gasteiger partial charge in [0.25, 0.3) is 0 Å². The molecule has 0 aromatic heterocycles. The maximum Gasteiger partial charge on any atom is 0.341 e. The number of carboxylic acid groups (broad SMARTS) is 1. The quantitative estimate of drug-likeness (QED) is 0.726. The summed E-state index contributed by atoms with van der Waals surface area (Å²) in [5, 5.41) is 7.19. The molecule has 1 rings (SSSR count). The standard InChI is InChI=1S/C11H13NO6S/c1-19(16,17)10(12)7-2-4-8(5-3-7)11(15)18-6-9(13)14/h2-5,10H,6,12H2,1H3,(H,13,14). The number of carboxylic acids is 1. The van der Waals surface area contributed by atoms with E-state index in [1.165, 1.54) is 24.3 Å². The number of carbonyl (C=O) groups excluding carboxylic acids is 1. The molecule has 1 atom stereocenters. The third kappa shape index (κ3) is 4.34. The largest absolute Gasteiger partial charge is 0.479 e. The first-order chi connectivity index (χ1) is 8.71. The molecule has 3 N–H and O–H groups in total. The Morgan fingerprint density at radius 2 is 1.84 bits per heavy atom. The Morgan fingerprint density at radius 3 is 2.26 bits per heavy atom. The molecule has 0 aliphatic carbocycles. The molecule has 1 aromatic carbocycles. The molecule has 0 saturated heterocycles. The lowest BCUT2D eigenvalue weighted by Gasteiger charge is -2.10. The lowest BCUT2D eigenvalue weighted by Crippen LogP contribution is -2.20. The van der Waals surface area contributed by atoms with Gasteiger partial charge in [0, 0.05) is 6.26 Å². The van der Waals surface area contributed by atoms with Gasteiger partial charge in [0.05, 0.1) is 5.56 Å². The van der Waals surface area contributed by atoms with E-state index in [4.69, 9.17) is 10.8 Å². The fourth-order valence-electron chi connectivity index (χ4n) is 1.27. The van der Waals surface area contributed by atoms with Gasteiger partial charge in [-0.05, 0) is 17.7 Å². The van der Waals surface area contributed by atoms with Gasteiger partial charge in [0.1, 0.15) is 5.37 Å². The lowest BCUT2D eigenvalue weighted by atomic mass is 10.1. The molecule has 0 aliphatic rings. The molecule has 0 bridgehead atoms. The molecule has 0 heterocycles. The molecular weight excluding hydrogens is 274 g/mol. The predicted octanol–water partition coefficient (Wildman–Crippen LogP) is -0.0701. The minimum absolute atomic E-state index is 0.116. The van der Waals surface area contributed by atoms with Gasteiger partial charge in [0.2, 0.25) is 0 Å². The van der Waals surface area contributed by atoms with Crippen LogP contribution in [0.3, 0.4) is 0 Å². The average molecular weight is 287 g/mol. The van der Waals surface area contributed by atoms with E-state index in [1.807, 2.05) is 0 Å². The Morgan fingerprint density at radius 1 is 1.32 bits per heavy atom. The maximum atomic E-state index is 11.4. The van der Waals surface area contributed by atoms with Crippen molar-refractivity contribution in [2.24, 2.45) is 5.73 Å². The van der Waals surface area contributed by atoms with Crippen molar-refractivity contribution in [3.63, 3.8) is 0 Å². The highest BCUT2D eigenvalue weighted by Gasteiger charge is 2.18. The molecule has 8 heteroatoms. The Hall–Kier alpha value is -1.93. The van der Waals surface area contributed by atoms with Crippen LogP contribution in [0.15, 0.2) is 24.3 Å². The highest BCUT2D eigenvalue weighted by Crippen LogP contribution is 2.16. The third-order valence-electron chi connectivity index (χ3n) is 2.26. The van der Waals surface area contributed by atoms with E-state index in [-0.39, 0.29) is 5.56 Å². The minimum atomic E-state index is -3.43. The second-order valence-electron chi connectivity index (χ2n) is 3.84.